The highest BCUT2D eigenvalue weighted by Gasteiger charge is 2.30. The lowest BCUT2D eigenvalue weighted by Gasteiger charge is -2.24. The third-order valence-corrected chi connectivity index (χ3v) is 7.48. The molecular weight excluding hydrogens is 608 g/mol. The summed E-state index contributed by atoms with van der Waals surface area (Å²) in [5, 5.41) is 16.8. The number of carbonyl (C=O) groups excluding carboxylic acids is 4. The van der Waals surface area contributed by atoms with Crippen molar-refractivity contribution >= 4 is 29.4 Å². The van der Waals surface area contributed by atoms with E-state index in [1.807, 2.05) is 12.1 Å². The normalized spacial score (nSPS) is 18.4. The van der Waals surface area contributed by atoms with Crippen LogP contribution in [0.15, 0.2) is 84.9 Å². The van der Waals surface area contributed by atoms with Crippen LogP contribution in [-0.4, -0.2) is 73.0 Å². The number of nitrogens with one attached hydrogen (secondary N) is 2. The molecule has 0 saturated carbocycles. The number of rotatable bonds is 7. The number of nitrogens with zero attached hydrogens (tertiary/aromatic N) is 2. The minimum Gasteiger partial charge on any atom is -0.497 e. The molecule has 13 heteroatoms. The Hall–Kier alpha value is -5.72. The number of fused-ring (bicyclic) bond motifs is 1. The summed E-state index contributed by atoms with van der Waals surface area (Å²) in [6.07, 6.45) is 3.26. The first-order valence-electron chi connectivity index (χ1n) is 14.9. The number of benzene rings is 3. The first-order valence-corrected chi connectivity index (χ1v) is 14.9. The number of nitro benzene ring substituents is 1. The summed E-state index contributed by atoms with van der Waals surface area (Å²) in [6.45, 7) is 0.435. The maximum atomic E-state index is 13.7. The fourth-order valence-corrected chi connectivity index (χ4v) is 4.93. The lowest BCUT2D eigenvalue weighted by Crippen LogP contribution is -2.53. The number of esters is 1. The van der Waals surface area contributed by atoms with E-state index in [-0.39, 0.29) is 61.9 Å². The quantitative estimate of drug-likeness (QED) is 0.170. The smallest absolute Gasteiger partial charge is 0.328 e. The maximum absolute atomic E-state index is 13.7. The van der Waals surface area contributed by atoms with Gasteiger partial charge in [-0.25, -0.2) is 4.79 Å². The number of hydrogen-bond acceptors (Lipinski definition) is 9. The molecule has 0 radical (unpaired) electrons. The van der Waals surface area contributed by atoms with Crippen LogP contribution in [0.1, 0.15) is 34.3 Å². The van der Waals surface area contributed by atoms with Gasteiger partial charge in [-0.1, -0.05) is 48.5 Å². The summed E-state index contributed by atoms with van der Waals surface area (Å²) in [4.78, 5) is 66.0. The summed E-state index contributed by atoms with van der Waals surface area (Å²) in [7, 11) is 2.73. The van der Waals surface area contributed by atoms with Crippen LogP contribution >= 0.6 is 0 Å². The molecule has 47 heavy (non-hydrogen) atoms. The van der Waals surface area contributed by atoms with E-state index < -0.39 is 34.8 Å². The van der Waals surface area contributed by atoms with Crippen LogP contribution in [0, 0.1) is 10.1 Å². The highest BCUT2D eigenvalue weighted by Crippen LogP contribution is 2.25. The van der Waals surface area contributed by atoms with Gasteiger partial charge in [0.25, 0.3) is 11.6 Å². The predicted molar refractivity (Wildman–Crippen MR) is 171 cm³/mol. The molecule has 246 valence electrons. The van der Waals surface area contributed by atoms with E-state index >= 15 is 0 Å². The standard InChI is InChI=1S/C34H36N4O9/c1-45-26-13-10-24(11-14-26)22-37-18-6-7-19-47-30-16-12-25(38(43)44)21-27(30)32(40)36-29(20-23-8-4-3-5-9-23)33(41)35-28(34(42)46-2)15-17-31(37)39/h3-14,16,21,28-29H,15,17-20,22H2,1-2H3,(H,35,41)(H,36,40)/b7-6-/t28-,29+/m0/s1. The second kappa shape index (κ2) is 16.5. The fourth-order valence-electron chi connectivity index (χ4n) is 4.93. The molecule has 4 rings (SSSR count). The predicted octanol–water partition coefficient (Wildman–Crippen LogP) is 3.36. The van der Waals surface area contributed by atoms with Gasteiger partial charge in [0.05, 0.1) is 24.7 Å². The van der Waals surface area contributed by atoms with Crippen LogP contribution in [-0.2, 0) is 32.1 Å². The summed E-state index contributed by atoms with van der Waals surface area (Å²) < 4.78 is 16.0. The van der Waals surface area contributed by atoms with Gasteiger partial charge in [-0.3, -0.25) is 24.5 Å². The summed E-state index contributed by atoms with van der Waals surface area (Å²) in [5.74, 6) is -1.81. The molecule has 0 saturated heterocycles. The Labute approximate surface area is 271 Å². The molecule has 0 aliphatic carbocycles. The molecule has 2 atom stereocenters. The second-order valence-electron chi connectivity index (χ2n) is 10.7. The van der Waals surface area contributed by atoms with Crippen molar-refractivity contribution in [2.45, 2.75) is 37.9 Å². The van der Waals surface area contributed by atoms with E-state index in [1.165, 1.54) is 19.2 Å². The van der Waals surface area contributed by atoms with Gasteiger partial charge in [-0.2, -0.15) is 0 Å². The summed E-state index contributed by atoms with van der Waals surface area (Å²) in [6, 6.07) is 17.3. The van der Waals surface area contributed by atoms with Crippen molar-refractivity contribution < 1.29 is 38.3 Å². The Bertz CT molecular complexity index is 1610. The number of methoxy groups -OCH3 is 2. The van der Waals surface area contributed by atoms with Crippen LogP contribution in [0.4, 0.5) is 5.69 Å². The lowest BCUT2D eigenvalue weighted by atomic mass is 10.0. The summed E-state index contributed by atoms with van der Waals surface area (Å²) in [5.41, 5.74) is 1.06. The van der Waals surface area contributed by atoms with Crippen LogP contribution in [0.5, 0.6) is 11.5 Å². The number of nitro groups is 1. The van der Waals surface area contributed by atoms with Crippen molar-refractivity contribution in [1.82, 2.24) is 15.5 Å². The summed E-state index contributed by atoms with van der Waals surface area (Å²) >= 11 is 0. The second-order valence-corrected chi connectivity index (χ2v) is 10.7. The number of ether oxygens (including phenoxy) is 3. The first-order chi connectivity index (χ1) is 22.7. The van der Waals surface area contributed by atoms with Gasteiger partial charge < -0.3 is 29.7 Å². The van der Waals surface area contributed by atoms with Gasteiger partial charge in [0.15, 0.2) is 0 Å². The largest absolute Gasteiger partial charge is 0.497 e. The van der Waals surface area contributed by atoms with E-state index in [4.69, 9.17) is 14.2 Å². The third-order valence-electron chi connectivity index (χ3n) is 7.48. The zero-order valence-electron chi connectivity index (χ0n) is 26.0. The van der Waals surface area contributed by atoms with Gasteiger partial charge in [-0.15, -0.1) is 0 Å². The molecular formula is C34H36N4O9. The number of non-ortho nitro benzene ring substituents is 1. The molecule has 0 spiro atoms. The van der Waals surface area contributed by atoms with Crippen molar-refractivity contribution in [1.29, 1.82) is 0 Å². The molecule has 3 aromatic carbocycles. The lowest BCUT2D eigenvalue weighted by molar-refractivity contribution is -0.384. The van der Waals surface area contributed by atoms with Crippen LogP contribution in [0.25, 0.3) is 0 Å². The van der Waals surface area contributed by atoms with Crippen LogP contribution in [0.2, 0.25) is 0 Å². The van der Waals surface area contributed by atoms with E-state index in [9.17, 15) is 29.3 Å². The Morgan fingerprint density at radius 1 is 0.979 bits per heavy atom. The molecule has 0 bridgehead atoms. The molecule has 1 aliphatic heterocycles. The third kappa shape index (κ3) is 9.63. The van der Waals surface area contributed by atoms with E-state index in [2.05, 4.69) is 10.6 Å². The minimum atomic E-state index is -1.21. The fraction of sp³-hybridized carbons (Fsp3) is 0.294. The van der Waals surface area contributed by atoms with E-state index in [0.29, 0.717) is 11.3 Å². The van der Waals surface area contributed by atoms with Gasteiger partial charge in [0.1, 0.15) is 30.2 Å². The Morgan fingerprint density at radius 2 is 1.72 bits per heavy atom. The van der Waals surface area contributed by atoms with Crippen molar-refractivity contribution in [2.75, 3.05) is 27.4 Å². The molecule has 3 aromatic rings. The number of hydrogen-bond donors (Lipinski definition) is 2. The van der Waals surface area contributed by atoms with Gasteiger partial charge >= 0.3 is 5.97 Å². The highest BCUT2D eigenvalue weighted by atomic mass is 16.6. The molecule has 0 unspecified atom stereocenters. The maximum Gasteiger partial charge on any atom is 0.328 e. The number of carbonyl (C=O) groups is 4. The van der Waals surface area contributed by atoms with Gasteiger partial charge in [-0.05, 0) is 41.8 Å². The van der Waals surface area contributed by atoms with Gasteiger partial charge in [0, 0.05) is 38.1 Å². The average molecular weight is 645 g/mol. The first kappa shape index (κ1) is 34.2. The zero-order valence-corrected chi connectivity index (χ0v) is 26.0. The molecule has 0 fully saturated rings. The van der Waals surface area contributed by atoms with E-state index in [0.717, 1.165) is 11.6 Å². The molecule has 13 nitrogen and oxygen atoms in total. The van der Waals surface area contributed by atoms with Crippen LogP contribution in [0.3, 0.4) is 0 Å². The highest BCUT2D eigenvalue weighted by molar-refractivity contribution is 6.00. The SMILES string of the molecule is COC(=O)[C@@H]1CCC(=O)N(Cc2ccc(OC)cc2)C/C=C\COc2ccc([N+](=O)[O-])cc2C(=O)N[C@H](Cc2ccccc2)C(=O)N1. The average Bonchev–Trinajstić information content (AvgIpc) is 3.08. The van der Waals surface area contributed by atoms with E-state index in [1.54, 1.807) is 66.6 Å². The molecule has 2 N–H and O–H groups in total. The van der Waals surface area contributed by atoms with Crippen LogP contribution < -0.4 is 20.1 Å². The topological polar surface area (TPSA) is 166 Å². The van der Waals surface area contributed by atoms with Crippen molar-refractivity contribution in [3.63, 3.8) is 0 Å². The van der Waals surface area contributed by atoms with Crippen molar-refractivity contribution in [3.8, 4) is 11.5 Å². The monoisotopic (exact) mass is 644 g/mol. The van der Waals surface area contributed by atoms with Crippen molar-refractivity contribution in [3.05, 3.63) is 112 Å². The molecule has 0 aromatic heterocycles. The van der Waals surface area contributed by atoms with Gasteiger partial charge in [0.2, 0.25) is 11.8 Å². The number of amides is 3. The molecule has 3 amide bonds. The Kier molecular flexibility index (Phi) is 12.0. The molecule has 1 aliphatic rings. The molecule has 1 heterocycles. The Morgan fingerprint density at radius 3 is 2.40 bits per heavy atom. The Balaban J connectivity index is 1.69. The minimum absolute atomic E-state index is 0.0129. The zero-order chi connectivity index (χ0) is 33.8. The van der Waals surface area contributed by atoms with Crippen molar-refractivity contribution in [2.24, 2.45) is 0 Å².